The van der Waals surface area contributed by atoms with Gasteiger partial charge < -0.3 is 4.74 Å². The van der Waals surface area contributed by atoms with Crippen LogP contribution in [0.5, 0.6) is 11.5 Å². The third kappa shape index (κ3) is 1.84. The lowest BCUT2D eigenvalue weighted by atomic mass is 9.93. The Bertz CT molecular complexity index is 840. The lowest BCUT2D eigenvalue weighted by molar-refractivity contribution is 0.481. The summed E-state index contributed by atoms with van der Waals surface area (Å²) in [6.45, 7) is 4.12. The second kappa shape index (κ2) is 4.60. The van der Waals surface area contributed by atoms with Crippen LogP contribution in [0, 0.1) is 0 Å². The van der Waals surface area contributed by atoms with Gasteiger partial charge in [0.15, 0.2) is 0 Å². The SMILES string of the molecule is C=C1N=CC=CC2=C1c1ccccc1Oc1ccccc12. The molecule has 0 saturated heterocycles. The maximum absolute atomic E-state index is 6.11. The van der Waals surface area contributed by atoms with Crippen LogP contribution in [0.25, 0.3) is 11.1 Å². The van der Waals surface area contributed by atoms with E-state index >= 15 is 0 Å². The molecule has 100 valence electrons. The number of ether oxygens (including phenoxy) is 1. The summed E-state index contributed by atoms with van der Waals surface area (Å²) in [4.78, 5) is 4.40. The number of benzene rings is 2. The van der Waals surface area contributed by atoms with E-state index in [-0.39, 0.29) is 0 Å². The van der Waals surface area contributed by atoms with Crippen molar-refractivity contribution in [3.8, 4) is 11.5 Å². The molecule has 2 heteroatoms. The molecule has 0 bridgehead atoms. The fourth-order valence-electron chi connectivity index (χ4n) is 2.76. The Labute approximate surface area is 123 Å². The van der Waals surface area contributed by atoms with Gasteiger partial charge in [0, 0.05) is 22.9 Å². The minimum atomic E-state index is 0.753. The van der Waals surface area contributed by atoms with Crippen LogP contribution in [-0.4, -0.2) is 6.21 Å². The summed E-state index contributed by atoms with van der Waals surface area (Å²) < 4.78 is 6.11. The van der Waals surface area contributed by atoms with E-state index in [1.807, 2.05) is 42.5 Å². The number of para-hydroxylation sites is 2. The number of allylic oxidation sites excluding steroid dienone is 4. The van der Waals surface area contributed by atoms with Crippen LogP contribution in [0.2, 0.25) is 0 Å². The lowest BCUT2D eigenvalue weighted by Crippen LogP contribution is -1.90. The third-order valence-electron chi connectivity index (χ3n) is 3.69. The molecule has 21 heavy (non-hydrogen) atoms. The van der Waals surface area contributed by atoms with Crippen LogP contribution in [0.3, 0.4) is 0 Å². The molecule has 4 rings (SSSR count). The quantitative estimate of drug-likeness (QED) is 0.670. The highest BCUT2D eigenvalue weighted by Crippen LogP contribution is 2.45. The highest BCUT2D eigenvalue weighted by atomic mass is 16.5. The fourth-order valence-corrected chi connectivity index (χ4v) is 2.76. The molecule has 2 aromatic carbocycles. The summed E-state index contributed by atoms with van der Waals surface area (Å²) in [5, 5.41) is 0. The molecule has 0 N–H and O–H groups in total. The number of hydrogen-bond acceptors (Lipinski definition) is 2. The normalized spacial score (nSPS) is 15.5. The predicted octanol–water partition coefficient (Wildman–Crippen LogP) is 4.86. The predicted molar refractivity (Wildman–Crippen MR) is 86.5 cm³/mol. The number of hydrogen-bond donors (Lipinski definition) is 0. The molecule has 0 unspecified atom stereocenters. The Hall–Kier alpha value is -2.87. The molecule has 0 amide bonds. The molecule has 0 fully saturated rings. The van der Waals surface area contributed by atoms with Crippen molar-refractivity contribution < 1.29 is 4.74 Å². The Morgan fingerprint density at radius 3 is 2.33 bits per heavy atom. The number of fused-ring (bicyclic) bond motifs is 4. The molecular weight excluding hydrogens is 258 g/mol. The Balaban J connectivity index is 2.13. The number of rotatable bonds is 0. The van der Waals surface area contributed by atoms with Crippen LogP contribution in [0.1, 0.15) is 11.1 Å². The van der Waals surface area contributed by atoms with Crippen molar-refractivity contribution in [1.82, 2.24) is 0 Å². The number of aliphatic imine (C=N–C) groups is 1. The second-order valence-electron chi connectivity index (χ2n) is 4.97. The highest BCUT2D eigenvalue weighted by molar-refractivity contribution is 6.07. The first-order chi connectivity index (χ1) is 10.3. The van der Waals surface area contributed by atoms with Gasteiger partial charge in [-0.3, -0.25) is 4.99 Å². The minimum Gasteiger partial charge on any atom is -0.456 e. The van der Waals surface area contributed by atoms with Crippen LogP contribution < -0.4 is 4.74 Å². The molecule has 2 aliphatic heterocycles. The second-order valence-corrected chi connectivity index (χ2v) is 4.97. The summed E-state index contributed by atoms with van der Waals surface area (Å²) in [5.74, 6) is 1.69. The molecule has 0 spiro atoms. The van der Waals surface area contributed by atoms with Gasteiger partial charge in [0.05, 0.1) is 5.70 Å². The summed E-state index contributed by atoms with van der Waals surface area (Å²) in [6, 6.07) is 16.1. The average molecular weight is 271 g/mol. The van der Waals surface area contributed by atoms with E-state index in [0.717, 1.165) is 39.5 Å². The van der Waals surface area contributed by atoms with Crippen molar-refractivity contribution in [1.29, 1.82) is 0 Å². The highest BCUT2D eigenvalue weighted by Gasteiger charge is 2.23. The maximum atomic E-state index is 6.11. The molecule has 2 aromatic rings. The first-order valence-electron chi connectivity index (χ1n) is 6.85. The van der Waals surface area contributed by atoms with Gasteiger partial charge >= 0.3 is 0 Å². The molecule has 0 radical (unpaired) electrons. The van der Waals surface area contributed by atoms with Crippen LogP contribution in [-0.2, 0) is 0 Å². The summed E-state index contributed by atoms with van der Waals surface area (Å²) in [7, 11) is 0. The van der Waals surface area contributed by atoms with Gasteiger partial charge in [0.2, 0.25) is 0 Å². The van der Waals surface area contributed by atoms with Crippen molar-refractivity contribution in [2.24, 2.45) is 4.99 Å². The minimum absolute atomic E-state index is 0.753. The van der Waals surface area contributed by atoms with Gasteiger partial charge in [-0.05, 0) is 23.8 Å². The van der Waals surface area contributed by atoms with Gasteiger partial charge in [-0.1, -0.05) is 49.1 Å². The summed E-state index contributed by atoms with van der Waals surface area (Å²) in [6.07, 6.45) is 5.79. The smallest absolute Gasteiger partial charge is 0.135 e. The van der Waals surface area contributed by atoms with Crippen molar-refractivity contribution in [2.75, 3.05) is 0 Å². The zero-order valence-corrected chi connectivity index (χ0v) is 11.4. The molecular formula is C19H13NO. The van der Waals surface area contributed by atoms with Gasteiger partial charge in [0.1, 0.15) is 11.5 Å². The van der Waals surface area contributed by atoms with Crippen molar-refractivity contribution in [3.05, 3.63) is 84.1 Å². The number of nitrogens with zero attached hydrogens (tertiary/aromatic N) is 1. The molecule has 0 atom stereocenters. The lowest BCUT2D eigenvalue weighted by Gasteiger charge is -2.11. The molecule has 2 nitrogen and oxygen atoms in total. The van der Waals surface area contributed by atoms with Crippen LogP contribution >= 0.6 is 0 Å². The van der Waals surface area contributed by atoms with E-state index in [2.05, 4.69) is 29.8 Å². The van der Waals surface area contributed by atoms with Crippen molar-refractivity contribution in [3.63, 3.8) is 0 Å². The molecule has 0 aromatic heterocycles. The van der Waals surface area contributed by atoms with Gasteiger partial charge in [-0.15, -0.1) is 0 Å². The van der Waals surface area contributed by atoms with Gasteiger partial charge in [-0.25, -0.2) is 0 Å². The summed E-state index contributed by atoms with van der Waals surface area (Å²) in [5.41, 5.74) is 4.96. The van der Waals surface area contributed by atoms with E-state index in [4.69, 9.17) is 4.74 Å². The van der Waals surface area contributed by atoms with E-state index in [1.165, 1.54) is 0 Å². The van der Waals surface area contributed by atoms with E-state index in [0.29, 0.717) is 0 Å². The molecule has 0 saturated carbocycles. The largest absolute Gasteiger partial charge is 0.456 e. The van der Waals surface area contributed by atoms with E-state index in [9.17, 15) is 0 Å². The summed E-state index contributed by atoms with van der Waals surface area (Å²) >= 11 is 0. The van der Waals surface area contributed by atoms with Crippen LogP contribution in [0.15, 0.2) is 78.0 Å². The van der Waals surface area contributed by atoms with Crippen molar-refractivity contribution >= 4 is 17.4 Å². The standard InChI is InChI=1S/C19H13NO/c1-13-19-15(9-6-12-20-13)14-7-2-4-10-17(14)21-18-11-5-3-8-16(18)19/h2-12H,1H2. The Kier molecular flexibility index (Phi) is 2.61. The van der Waals surface area contributed by atoms with Crippen molar-refractivity contribution in [2.45, 2.75) is 0 Å². The molecule has 2 aliphatic rings. The van der Waals surface area contributed by atoms with Gasteiger partial charge in [-0.2, -0.15) is 0 Å². The average Bonchev–Trinajstić information content (AvgIpc) is 2.78. The maximum Gasteiger partial charge on any atom is 0.135 e. The van der Waals surface area contributed by atoms with Gasteiger partial charge in [0.25, 0.3) is 0 Å². The Morgan fingerprint density at radius 2 is 1.52 bits per heavy atom. The first-order valence-corrected chi connectivity index (χ1v) is 6.85. The zero-order chi connectivity index (χ0) is 14.2. The topological polar surface area (TPSA) is 21.6 Å². The molecule has 0 aliphatic carbocycles. The zero-order valence-electron chi connectivity index (χ0n) is 11.4. The fraction of sp³-hybridized carbons (Fsp3) is 0. The monoisotopic (exact) mass is 271 g/mol. The first kappa shape index (κ1) is 11.9. The molecule has 2 heterocycles. The third-order valence-corrected chi connectivity index (χ3v) is 3.69. The Morgan fingerprint density at radius 1 is 0.857 bits per heavy atom. The van der Waals surface area contributed by atoms with E-state index < -0.39 is 0 Å². The van der Waals surface area contributed by atoms with Crippen LogP contribution in [0.4, 0.5) is 0 Å². The van der Waals surface area contributed by atoms with E-state index in [1.54, 1.807) is 6.21 Å².